The summed E-state index contributed by atoms with van der Waals surface area (Å²) in [5.74, 6) is -0.136. The van der Waals surface area contributed by atoms with Crippen molar-refractivity contribution in [1.82, 2.24) is 9.62 Å². The number of ether oxygens (including phenoxy) is 1. The first-order valence-corrected chi connectivity index (χ1v) is 9.32. The van der Waals surface area contributed by atoms with Crippen LogP contribution in [0.25, 0.3) is 0 Å². The van der Waals surface area contributed by atoms with Crippen molar-refractivity contribution in [3.8, 4) is 0 Å². The van der Waals surface area contributed by atoms with E-state index in [0.29, 0.717) is 25.3 Å². The second kappa shape index (κ2) is 9.64. The Bertz CT molecular complexity index is 596. The summed E-state index contributed by atoms with van der Waals surface area (Å²) in [6.45, 7) is 5.83. The van der Waals surface area contributed by atoms with E-state index in [4.69, 9.17) is 4.74 Å². The van der Waals surface area contributed by atoms with Crippen molar-refractivity contribution in [2.75, 3.05) is 33.4 Å². The Morgan fingerprint density at radius 2 is 1.87 bits per heavy atom. The lowest BCUT2D eigenvalue weighted by molar-refractivity contribution is 0.0755. The molecule has 0 spiro atoms. The van der Waals surface area contributed by atoms with Gasteiger partial charge in [-0.1, -0.05) is 19.9 Å². The molecule has 7 heteroatoms. The molecule has 1 amide bonds. The van der Waals surface area contributed by atoms with Crippen molar-refractivity contribution in [1.29, 1.82) is 0 Å². The van der Waals surface area contributed by atoms with Crippen molar-refractivity contribution in [2.45, 2.75) is 31.6 Å². The number of carbonyl (C=O) groups excluding carboxylic acids is 1. The minimum Gasteiger partial charge on any atom is -0.383 e. The van der Waals surface area contributed by atoms with Crippen LogP contribution in [0.2, 0.25) is 0 Å². The first-order chi connectivity index (χ1) is 11.0. The third-order valence-corrected chi connectivity index (χ3v) is 4.72. The molecule has 1 rings (SSSR count). The normalized spacial score (nSPS) is 11.4. The molecule has 0 heterocycles. The van der Waals surface area contributed by atoms with Gasteiger partial charge in [0.2, 0.25) is 10.0 Å². The van der Waals surface area contributed by atoms with Crippen molar-refractivity contribution < 1.29 is 17.9 Å². The standard InChI is InChI=1S/C16H26N2O4S/c1-4-10-18(11-5-2)16(19)14-7-6-8-15(13-14)23(20,21)17-9-12-22-3/h6-8,13,17H,4-5,9-12H2,1-3H3. The van der Waals surface area contributed by atoms with E-state index in [2.05, 4.69) is 4.72 Å². The molecule has 0 saturated carbocycles. The van der Waals surface area contributed by atoms with E-state index in [0.717, 1.165) is 12.8 Å². The van der Waals surface area contributed by atoms with Crippen molar-refractivity contribution >= 4 is 15.9 Å². The van der Waals surface area contributed by atoms with Gasteiger partial charge in [0.15, 0.2) is 0 Å². The van der Waals surface area contributed by atoms with Gasteiger partial charge in [-0.05, 0) is 31.0 Å². The number of amides is 1. The highest BCUT2D eigenvalue weighted by atomic mass is 32.2. The Kier molecular flexibility index (Phi) is 8.22. The van der Waals surface area contributed by atoms with Gasteiger partial charge in [0.05, 0.1) is 11.5 Å². The fraction of sp³-hybridized carbons (Fsp3) is 0.562. The van der Waals surface area contributed by atoms with E-state index in [1.807, 2.05) is 13.8 Å². The molecule has 0 aromatic heterocycles. The van der Waals surface area contributed by atoms with Gasteiger partial charge in [0, 0.05) is 32.3 Å². The van der Waals surface area contributed by atoms with E-state index in [1.54, 1.807) is 17.0 Å². The quantitative estimate of drug-likeness (QED) is 0.659. The summed E-state index contributed by atoms with van der Waals surface area (Å²) in [6.07, 6.45) is 1.73. The maximum Gasteiger partial charge on any atom is 0.253 e. The highest BCUT2D eigenvalue weighted by Gasteiger charge is 2.18. The van der Waals surface area contributed by atoms with Gasteiger partial charge in [-0.3, -0.25) is 4.79 Å². The third kappa shape index (κ3) is 5.93. The maximum absolute atomic E-state index is 12.6. The zero-order chi connectivity index (χ0) is 17.3. The Hall–Kier alpha value is -1.44. The average Bonchev–Trinajstić information content (AvgIpc) is 2.54. The summed E-state index contributed by atoms with van der Waals surface area (Å²) < 4.78 is 31.7. The highest BCUT2D eigenvalue weighted by Crippen LogP contribution is 2.14. The molecule has 6 nitrogen and oxygen atoms in total. The number of rotatable bonds is 10. The molecular formula is C16H26N2O4S. The minimum absolute atomic E-state index is 0.0902. The number of sulfonamides is 1. The number of hydrogen-bond donors (Lipinski definition) is 1. The summed E-state index contributed by atoms with van der Waals surface area (Å²) in [6, 6.07) is 6.15. The van der Waals surface area contributed by atoms with E-state index >= 15 is 0 Å². The minimum atomic E-state index is -3.64. The molecule has 0 saturated heterocycles. The van der Waals surface area contributed by atoms with E-state index < -0.39 is 10.0 Å². The number of benzene rings is 1. The van der Waals surface area contributed by atoms with Crippen molar-refractivity contribution in [3.05, 3.63) is 29.8 Å². The third-order valence-electron chi connectivity index (χ3n) is 3.26. The van der Waals surface area contributed by atoms with Crippen LogP contribution in [-0.4, -0.2) is 52.6 Å². The van der Waals surface area contributed by atoms with Gasteiger partial charge in [0.1, 0.15) is 0 Å². The molecule has 1 aromatic carbocycles. The van der Waals surface area contributed by atoms with Crippen LogP contribution in [0.5, 0.6) is 0 Å². The van der Waals surface area contributed by atoms with Gasteiger partial charge in [0.25, 0.3) is 5.91 Å². The number of nitrogens with one attached hydrogen (secondary N) is 1. The first kappa shape index (κ1) is 19.6. The molecule has 23 heavy (non-hydrogen) atoms. The molecule has 0 atom stereocenters. The van der Waals surface area contributed by atoms with Crippen LogP contribution < -0.4 is 4.72 Å². The summed E-state index contributed by atoms with van der Waals surface area (Å²) in [4.78, 5) is 14.4. The van der Waals surface area contributed by atoms with Crippen LogP contribution in [0.1, 0.15) is 37.0 Å². The smallest absolute Gasteiger partial charge is 0.253 e. The van der Waals surface area contributed by atoms with Gasteiger partial charge >= 0.3 is 0 Å². The van der Waals surface area contributed by atoms with Gasteiger partial charge in [-0.15, -0.1) is 0 Å². The molecular weight excluding hydrogens is 316 g/mol. The summed E-state index contributed by atoms with van der Waals surface area (Å²) in [7, 11) is -2.14. The predicted octanol–water partition coefficient (Wildman–Crippen LogP) is 1.87. The lowest BCUT2D eigenvalue weighted by atomic mass is 10.2. The summed E-state index contributed by atoms with van der Waals surface area (Å²) >= 11 is 0. The lowest BCUT2D eigenvalue weighted by Crippen LogP contribution is -2.33. The van der Waals surface area contributed by atoms with E-state index in [-0.39, 0.29) is 17.3 Å². The number of carbonyl (C=O) groups is 1. The summed E-state index contributed by atoms with van der Waals surface area (Å²) in [5.41, 5.74) is 0.390. The molecule has 0 aliphatic heterocycles. The number of nitrogens with zero attached hydrogens (tertiary/aromatic N) is 1. The fourth-order valence-corrected chi connectivity index (χ4v) is 3.25. The van der Waals surface area contributed by atoms with Crippen LogP contribution in [-0.2, 0) is 14.8 Å². The van der Waals surface area contributed by atoms with Crippen molar-refractivity contribution in [2.24, 2.45) is 0 Å². The molecule has 0 aliphatic rings. The fourth-order valence-electron chi connectivity index (χ4n) is 2.20. The molecule has 0 bridgehead atoms. The van der Waals surface area contributed by atoms with Crippen LogP contribution >= 0.6 is 0 Å². The summed E-state index contributed by atoms with van der Waals surface area (Å²) in [5, 5.41) is 0. The SMILES string of the molecule is CCCN(CCC)C(=O)c1cccc(S(=O)(=O)NCCOC)c1. The lowest BCUT2D eigenvalue weighted by Gasteiger charge is -2.21. The van der Waals surface area contributed by atoms with E-state index in [1.165, 1.54) is 19.2 Å². The molecule has 130 valence electrons. The van der Waals surface area contributed by atoms with Gasteiger partial charge in [-0.25, -0.2) is 13.1 Å². The second-order valence-corrected chi connectivity index (χ2v) is 6.98. The molecule has 0 radical (unpaired) electrons. The zero-order valence-corrected chi connectivity index (χ0v) is 14.9. The number of hydrogen-bond acceptors (Lipinski definition) is 4. The van der Waals surface area contributed by atoms with Crippen LogP contribution in [0.4, 0.5) is 0 Å². The zero-order valence-electron chi connectivity index (χ0n) is 14.0. The number of methoxy groups -OCH3 is 1. The molecule has 0 unspecified atom stereocenters. The highest BCUT2D eigenvalue weighted by molar-refractivity contribution is 7.89. The Morgan fingerprint density at radius 3 is 2.43 bits per heavy atom. The van der Waals surface area contributed by atoms with Crippen molar-refractivity contribution in [3.63, 3.8) is 0 Å². The first-order valence-electron chi connectivity index (χ1n) is 7.84. The van der Waals surface area contributed by atoms with Crippen LogP contribution in [0, 0.1) is 0 Å². The van der Waals surface area contributed by atoms with Gasteiger partial charge < -0.3 is 9.64 Å². The van der Waals surface area contributed by atoms with E-state index in [9.17, 15) is 13.2 Å². The largest absolute Gasteiger partial charge is 0.383 e. The van der Waals surface area contributed by atoms with Crippen LogP contribution in [0.15, 0.2) is 29.2 Å². The van der Waals surface area contributed by atoms with Gasteiger partial charge in [-0.2, -0.15) is 0 Å². The second-order valence-electron chi connectivity index (χ2n) is 5.21. The molecule has 0 fully saturated rings. The monoisotopic (exact) mass is 342 g/mol. The average molecular weight is 342 g/mol. The Morgan fingerprint density at radius 1 is 1.22 bits per heavy atom. The molecule has 0 aliphatic carbocycles. The maximum atomic E-state index is 12.6. The molecule has 1 N–H and O–H groups in total. The molecule has 1 aromatic rings. The Labute approximate surface area is 138 Å². The predicted molar refractivity (Wildman–Crippen MR) is 90.0 cm³/mol. The van der Waals surface area contributed by atoms with Crippen LogP contribution in [0.3, 0.4) is 0 Å². The topological polar surface area (TPSA) is 75.7 Å². The Balaban J connectivity index is 2.96.